The smallest absolute Gasteiger partial charge is 0.223 e. The highest BCUT2D eigenvalue weighted by Gasteiger charge is 2.28. The van der Waals surface area contributed by atoms with E-state index in [1.807, 2.05) is 13.1 Å². The summed E-state index contributed by atoms with van der Waals surface area (Å²) in [5.74, 6) is -0.172. The van der Waals surface area contributed by atoms with Crippen molar-refractivity contribution in [1.82, 2.24) is 15.5 Å². The van der Waals surface area contributed by atoms with E-state index >= 15 is 0 Å². The number of piperidine rings is 1. The van der Waals surface area contributed by atoms with Crippen LogP contribution in [0.2, 0.25) is 0 Å². The third-order valence-corrected chi connectivity index (χ3v) is 7.67. The number of halogens is 2. The van der Waals surface area contributed by atoms with Crippen LogP contribution in [0.4, 0.5) is 4.39 Å². The number of likely N-dealkylation sites (tertiary alicyclic amines) is 1. The number of unbranched alkanes of at least 4 members (excludes halogenated alkanes) is 2. The Kier molecular flexibility index (Phi) is 11.4. The van der Waals surface area contributed by atoms with Crippen molar-refractivity contribution in [2.24, 2.45) is 5.92 Å². The lowest BCUT2D eigenvalue weighted by molar-refractivity contribution is -0.126. The summed E-state index contributed by atoms with van der Waals surface area (Å²) in [6.45, 7) is 5.56. The number of nitrogens with zero attached hydrogens (tertiary/aromatic N) is 1. The van der Waals surface area contributed by atoms with Crippen LogP contribution in [0.3, 0.4) is 0 Å². The first-order valence-corrected chi connectivity index (χ1v) is 13.5. The number of aryl methyl sites for hydroxylation is 1. The van der Waals surface area contributed by atoms with Gasteiger partial charge in [-0.3, -0.25) is 9.69 Å². The summed E-state index contributed by atoms with van der Waals surface area (Å²) in [4.78, 5) is 15.2. The Morgan fingerprint density at radius 1 is 1.00 bits per heavy atom. The fourth-order valence-electron chi connectivity index (χ4n) is 5.49. The average molecular weight is 526 g/mol. The predicted octanol–water partition coefficient (Wildman–Crippen LogP) is 6.42. The van der Waals surface area contributed by atoms with Gasteiger partial charge < -0.3 is 10.6 Å². The van der Waals surface area contributed by atoms with Gasteiger partial charge in [-0.25, -0.2) is 4.39 Å². The Bertz CT molecular complexity index is 1150. The minimum atomic E-state index is -0.269. The molecule has 6 heteroatoms. The van der Waals surface area contributed by atoms with Crippen LogP contribution < -0.4 is 10.6 Å². The lowest BCUT2D eigenvalue weighted by Gasteiger charge is -2.36. The molecule has 1 amide bonds. The standard InChI is InChI=1S/C31H40FN3O.ClH/c1-23(28-15-14-25(10-4-3-7-18-33-2)29-12-5-6-13-30(28)29)35-19-16-26(17-20-35)31(36)34-22-24-9-8-11-27(32)21-24;/h5-6,8-9,11-15,21,23,26,33H,3-4,7,10,16-20,22H2,1-2H3,(H,34,36);1H. The molecule has 0 radical (unpaired) electrons. The Balaban J connectivity index is 0.00000380. The number of carbonyl (C=O) groups is 1. The first-order chi connectivity index (χ1) is 17.6. The summed E-state index contributed by atoms with van der Waals surface area (Å²) >= 11 is 0. The zero-order valence-corrected chi connectivity index (χ0v) is 23.0. The third kappa shape index (κ3) is 7.76. The van der Waals surface area contributed by atoms with Crippen LogP contribution in [0, 0.1) is 11.7 Å². The normalized spacial score (nSPS) is 15.3. The molecule has 0 aliphatic carbocycles. The molecule has 0 spiro atoms. The fourth-order valence-corrected chi connectivity index (χ4v) is 5.49. The van der Waals surface area contributed by atoms with Crippen molar-refractivity contribution >= 4 is 29.1 Å². The third-order valence-electron chi connectivity index (χ3n) is 7.67. The molecule has 1 saturated heterocycles. The van der Waals surface area contributed by atoms with E-state index in [0.29, 0.717) is 12.6 Å². The van der Waals surface area contributed by atoms with Crippen LogP contribution in [0.5, 0.6) is 0 Å². The number of amides is 1. The van der Waals surface area contributed by atoms with E-state index in [-0.39, 0.29) is 30.0 Å². The van der Waals surface area contributed by atoms with Crippen LogP contribution in [-0.4, -0.2) is 37.5 Å². The van der Waals surface area contributed by atoms with Gasteiger partial charge in [-0.2, -0.15) is 0 Å². The van der Waals surface area contributed by atoms with E-state index in [1.165, 1.54) is 53.3 Å². The van der Waals surface area contributed by atoms with Crippen LogP contribution in [-0.2, 0) is 17.8 Å². The van der Waals surface area contributed by atoms with E-state index in [4.69, 9.17) is 0 Å². The second-order valence-corrected chi connectivity index (χ2v) is 10.1. The summed E-state index contributed by atoms with van der Waals surface area (Å²) in [5, 5.41) is 8.96. The molecule has 2 N–H and O–H groups in total. The van der Waals surface area contributed by atoms with Crippen molar-refractivity contribution in [2.45, 2.75) is 58.0 Å². The number of nitrogens with one attached hydrogen (secondary N) is 2. The van der Waals surface area contributed by atoms with Gasteiger partial charge in [0.1, 0.15) is 5.82 Å². The van der Waals surface area contributed by atoms with Crippen LogP contribution >= 0.6 is 12.4 Å². The maximum Gasteiger partial charge on any atom is 0.223 e. The topological polar surface area (TPSA) is 44.4 Å². The highest BCUT2D eigenvalue weighted by Crippen LogP contribution is 2.33. The maximum absolute atomic E-state index is 13.4. The van der Waals surface area contributed by atoms with Crippen LogP contribution in [0.15, 0.2) is 60.7 Å². The first-order valence-electron chi connectivity index (χ1n) is 13.5. The molecule has 1 aliphatic heterocycles. The Labute approximate surface area is 227 Å². The van der Waals surface area contributed by atoms with Gasteiger partial charge in [-0.1, -0.05) is 55.0 Å². The predicted molar refractivity (Wildman–Crippen MR) is 154 cm³/mol. The molecule has 1 fully saturated rings. The van der Waals surface area contributed by atoms with Gasteiger partial charge in [0.15, 0.2) is 0 Å². The fraction of sp³-hybridized carbons (Fsp3) is 0.452. The number of hydrogen-bond acceptors (Lipinski definition) is 3. The summed E-state index contributed by atoms with van der Waals surface area (Å²) in [6.07, 6.45) is 6.51. The monoisotopic (exact) mass is 525 g/mol. The largest absolute Gasteiger partial charge is 0.352 e. The molecule has 0 aromatic heterocycles. The van der Waals surface area contributed by atoms with Crippen molar-refractivity contribution in [2.75, 3.05) is 26.7 Å². The van der Waals surface area contributed by atoms with Crippen molar-refractivity contribution in [3.63, 3.8) is 0 Å². The summed E-state index contributed by atoms with van der Waals surface area (Å²) < 4.78 is 13.4. The minimum Gasteiger partial charge on any atom is -0.352 e. The molecule has 0 saturated carbocycles. The zero-order valence-electron chi connectivity index (χ0n) is 22.1. The summed E-state index contributed by atoms with van der Waals surface area (Å²) in [5.41, 5.74) is 3.61. The van der Waals surface area contributed by atoms with Gasteiger partial charge in [-0.15, -0.1) is 12.4 Å². The molecule has 1 aliphatic rings. The number of benzene rings is 3. The van der Waals surface area contributed by atoms with E-state index in [2.05, 4.69) is 58.9 Å². The van der Waals surface area contributed by atoms with Gasteiger partial charge in [0, 0.05) is 18.5 Å². The van der Waals surface area contributed by atoms with Gasteiger partial charge in [0.25, 0.3) is 0 Å². The van der Waals surface area contributed by atoms with Gasteiger partial charge >= 0.3 is 0 Å². The molecule has 4 nitrogen and oxygen atoms in total. The zero-order chi connectivity index (χ0) is 25.3. The first kappa shape index (κ1) is 29.1. The number of rotatable bonds is 11. The molecule has 1 heterocycles. The van der Waals surface area contributed by atoms with E-state index in [0.717, 1.165) is 44.5 Å². The quantitative estimate of drug-likeness (QED) is 0.284. The second-order valence-electron chi connectivity index (χ2n) is 10.1. The average Bonchev–Trinajstić information content (AvgIpc) is 2.91. The highest BCUT2D eigenvalue weighted by molar-refractivity contribution is 5.89. The number of carbonyl (C=O) groups excluding carboxylic acids is 1. The van der Waals surface area contributed by atoms with Crippen LogP contribution in [0.1, 0.15) is 61.8 Å². The van der Waals surface area contributed by atoms with Gasteiger partial charge in [0.2, 0.25) is 5.91 Å². The molecule has 37 heavy (non-hydrogen) atoms. The highest BCUT2D eigenvalue weighted by atomic mass is 35.5. The Morgan fingerprint density at radius 3 is 2.49 bits per heavy atom. The Morgan fingerprint density at radius 2 is 1.76 bits per heavy atom. The number of hydrogen-bond donors (Lipinski definition) is 2. The SMILES string of the molecule is CNCCCCCc1ccc(C(C)N2CCC(C(=O)NCc3cccc(F)c3)CC2)c2ccccc12.Cl. The molecule has 1 atom stereocenters. The van der Waals surface area contributed by atoms with Gasteiger partial charge in [-0.05, 0) is 105 Å². The van der Waals surface area contributed by atoms with E-state index in [1.54, 1.807) is 6.07 Å². The maximum atomic E-state index is 13.4. The van der Waals surface area contributed by atoms with Crippen molar-refractivity contribution in [3.8, 4) is 0 Å². The summed E-state index contributed by atoms with van der Waals surface area (Å²) in [6, 6.07) is 20.2. The van der Waals surface area contributed by atoms with E-state index < -0.39 is 0 Å². The molecule has 4 rings (SSSR count). The molecular formula is C31H41ClFN3O. The molecule has 3 aromatic rings. The molecule has 3 aromatic carbocycles. The van der Waals surface area contributed by atoms with Crippen LogP contribution in [0.25, 0.3) is 10.8 Å². The molecule has 200 valence electrons. The molecule has 0 bridgehead atoms. The van der Waals surface area contributed by atoms with Crippen molar-refractivity contribution in [3.05, 3.63) is 83.2 Å². The van der Waals surface area contributed by atoms with Crippen molar-refractivity contribution < 1.29 is 9.18 Å². The lowest BCUT2D eigenvalue weighted by atomic mass is 9.90. The van der Waals surface area contributed by atoms with E-state index in [9.17, 15) is 9.18 Å². The van der Waals surface area contributed by atoms with Gasteiger partial charge in [0.05, 0.1) is 0 Å². The molecular weight excluding hydrogens is 485 g/mol. The molecule has 1 unspecified atom stereocenters. The minimum absolute atomic E-state index is 0. The summed E-state index contributed by atoms with van der Waals surface area (Å²) in [7, 11) is 2.01. The second kappa shape index (κ2) is 14.5. The van der Waals surface area contributed by atoms with Crippen molar-refractivity contribution in [1.29, 1.82) is 0 Å². The number of fused-ring (bicyclic) bond motifs is 1. The lowest BCUT2D eigenvalue weighted by Crippen LogP contribution is -2.41. The Hall–Kier alpha value is -2.47.